The van der Waals surface area contributed by atoms with Crippen LogP contribution < -0.4 is 5.32 Å². The van der Waals surface area contributed by atoms with Crippen LogP contribution in [0.25, 0.3) is 0 Å². The van der Waals surface area contributed by atoms with Gasteiger partial charge in [-0.1, -0.05) is 0 Å². The second-order valence-electron chi connectivity index (χ2n) is 3.11. The van der Waals surface area contributed by atoms with Gasteiger partial charge < -0.3 is 5.32 Å². The minimum Gasteiger partial charge on any atom is -0.346 e. The molecule has 5 nitrogen and oxygen atoms in total. The summed E-state index contributed by atoms with van der Waals surface area (Å²) in [5.41, 5.74) is 0.680. The van der Waals surface area contributed by atoms with Gasteiger partial charge >= 0.3 is 0 Å². The first-order valence-corrected chi connectivity index (χ1v) is 4.64. The number of H-pyrrole nitrogens is 1. The third-order valence-corrected chi connectivity index (χ3v) is 2.00. The van der Waals surface area contributed by atoms with Gasteiger partial charge in [0.15, 0.2) is 0 Å². The van der Waals surface area contributed by atoms with E-state index in [9.17, 15) is 9.18 Å². The molecule has 16 heavy (non-hydrogen) atoms. The normalized spacial score (nSPS) is 10.1. The molecule has 0 saturated heterocycles. The maximum Gasteiger partial charge on any atom is 0.256 e. The van der Waals surface area contributed by atoms with Crippen molar-refractivity contribution < 1.29 is 9.18 Å². The second-order valence-corrected chi connectivity index (χ2v) is 3.11. The number of hydrogen-bond donors (Lipinski definition) is 2. The molecule has 0 atom stereocenters. The van der Waals surface area contributed by atoms with Gasteiger partial charge in [-0.3, -0.25) is 9.89 Å². The van der Waals surface area contributed by atoms with Gasteiger partial charge in [0.1, 0.15) is 0 Å². The van der Waals surface area contributed by atoms with Crippen molar-refractivity contribution in [1.82, 2.24) is 20.5 Å². The summed E-state index contributed by atoms with van der Waals surface area (Å²) >= 11 is 0. The van der Waals surface area contributed by atoms with Crippen molar-refractivity contribution in [3.63, 3.8) is 0 Å². The molecule has 0 aliphatic heterocycles. The van der Waals surface area contributed by atoms with E-state index in [1.165, 1.54) is 18.3 Å². The monoisotopic (exact) mass is 220 g/mol. The lowest BCUT2D eigenvalue weighted by atomic mass is 10.2. The van der Waals surface area contributed by atoms with Gasteiger partial charge in [-0.15, -0.1) is 0 Å². The van der Waals surface area contributed by atoms with E-state index >= 15 is 0 Å². The number of carbonyl (C=O) groups is 1. The van der Waals surface area contributed by atoms with E-state index in [4.69, 9.17) is 0 Å². The van der Waals surface area contributed by atoms with Gasteiger partial charge in [-0.2, -0.15) is 9.49 Å². The van der Waals surface area contributed by atoms with Crippen LogP contribution in [0.2, 0.25) is 0 Å². The highest BCUT2D eigenvalue weighted by Gasteiger charge is 2.11. The molecule has 82 valence electrons. The molecule has 2 N–H and O–H groups in total. The molecule has 0 bridgehead atoms. The predicted molar refractivity (Wildman–Crippen MR) is 54.0 cm³/mol. The van der Waals surface area contributed by atoms with Crippen LogP contribution in [0, 0.1) is 5.95 Å². The molecule has 0 spiro atoms. The van der Waals surface area contributed by atoms with Crippen molar-refractivity contribution in [3.8, 4) is 0 Å². The van der Waals surface area contributed by atoms with Crippen LogP contribution in [0.3, 0.4) is 0 Å². The summed E-state index contributed by atoms with van der Waals surface area (Å²) in [7, 11) is 0. The SMILES string of the molecule is O=C(NCc1ccn[nH]1)c1cccnc1F. The van der Waals surface area contributed by atoms with Crippen LogP contribution in [0.15, 0.2) is 30.6 Å². The molecule has 0 saturated carbocycles. The molecule has 2 aromatic heterocycles. The number of pyridine rings is 1. The molecular formula is C10H9FN4O. The van der Waals surface area contributed by atoms with Crippen molar-refractivity contribution in [2.75, 3.05) is 0 Å². The van der Waals surface area contributed by atoms with E-state index in [2.05, 4.69) is 20.5 Å². The van der Waals surface area contributed by atoms with Crippen LogP contribution in [0.4, 0.5) is 4.39 Å². The Morgan fingerprint density at radius 1 is 1.44 bits per heavy atom. The fraction of sp³-hybridized carbons (Fsp3) is 0.100. The first-order valence-electron chi connectivity index (χ1n) is 4.64. The quantitative estimate of drug-likeness (QED) is 0.754. The van der Waals surface area contributed by atoms with Gasteiger partial charge in [-0.25, -0.2) is 4.98 Å². The molecule has 0 aliphatic carbocycles. The lowest BCUT2D eigenvalue weighted by Gasteiger charge is -2.03. The summed E-state index contributed by atoms with van der Waals surface area (Å²) in [6.45, 7) is 0.271. The van der Waals surface area contributed by atoms with Crippen LogP contribution in [0.5, 0.6) is 0 Å². The Labute approximate surface area is 90.7 Å². The second kappa shape index (κ2) is 4.52. The average Bonchev–Trinajstić information content (AvgIpc) is 2.79. The van der Waals surface area contributed by atoms with Crippen LogP contribution in [-0.2, 0) is 6.54 Å². The molecule has 0 fully saturated rings. The maximum absolute atomic E-state index is 13.1. The first kappa shape index (κ1) is 10.3. The predicted octanol–water partition coefficient (Wildman–Crippen LogP) is 0.874. The van der Waals surface area contributed by atoms with E-state index in [1.807, 2.05) is 0 Å². The average molecular weight is 220 g/mol. The number of amides is 1. The van der Waals surface area contributed by atoms with E-state index < -0.39 is 11.9 Å². The standard InChI is InChI=1S/C10H9FN4O/c11-9-8(2-1-4-12-9)10(16)13-6-7-3-5-14-15-7/h1-5H,6H2,(H,13,16)(H,14,15). The zero-order valence-electron chi connectivity index (χ0n) is 8.27. The highest BCUT2D eigenvalue weighted by atomic mass is 19.1. The van der Waals surface area contributed by atoms with Crippen molar-refractivity contribution >= 4 is 5.91 Å². The molecule has 2 heterocycles. The fourth-order valence-corrected chi connectivity index (χ4v) is 1.21. The van der Waals surface area contributed by atoms with Crippen molar-refractivity contribution in [1.29, 1.82) is 0 Å². The minimum atomic E-state index is -0.774. The van der Waals surface area contributed by atoms with Gasteiger partial charge in [0.05, 0.1) is 17.8 Å². The van der Waals surface area contributed by atoms with E-state index in [0.29, 0.717) is 0 Å². The number of aromatic amines is 1. The van der Waals surface area contributed by atoms with Crippen LogP contribution in [0.1, 0.15) is 16.1 Å². The molecule has 2 aromatic rings. The highest BCUT2D eigenvalue weighted by molar-refractivity contribution is 5.93. The van der Waals surface area contributed by atoms with Crippen molar-refractivity contribution in [2.45, 2.75) is 6.54 Å². The van der Waals surface area contributed by atoms with Gasteiger partial charge in [0, 0.05) is 12.4 Å². The molecular weight excluding hydrogens is 211 g/mol. The Hall–Kier alpha value is -2.24. The largest absolute Gasteiger partial charge is 0.346 e. The number of nitrogens with one attached hydrogen (secondary N) is 2. The molecule has 0 radical (unpaired) electrons. The number of halogens is 1. The number of rotatable bonds is 3. The summed E-state index contributed by atoms with van der Waals surface area (Å²) in [5.74, 6) is -1.27. The molecule has 0 unspecified atom stereocenters. The Morgan fingerprint density at radius 2 is 2.31 bits per heavy atom. The minimum absolute atomic E-state index is 0.0676. The first-order chi connectivity index (χ1) is 7.77. The molecule has 1 amide bonds. The van der Waals surface area contributed by atoms with Crippen molar-refractivity contribution in [3.05, 3.63) is 47.8 Å². The Kier molecular flexibility index (Phi) is 2.90. The fourth-order valence-electron chi connectivity index (χ4n) is 1.21. The Bertz CT molecular complexity index is 483. The van der Waals surface area contributed by atoms with Crippen LogP contribution in [-0.4, -0.2) is 21.1 Å². The summed E-state index contributed by atoms with van der Waals surface area (Å²) < 4.78 is 13.1. The summed E-state index contributed by atoms with van der Waals surface area (Å²) in [6, 6.07) is 4.61. The summed E-state index contributed by atoms with van der Waals surface area (Å²) in [5, 5.41) is 8.96. The van der Waals surface area contributed by atoms with E-state index in [1.54, 1.807) is 12.3 Å². The Balaban J connectivity index is 2.01. The zero-order chi connectivity index (χ0) is 11.4. The number of aromatic nitrogens is 3. The van der Waals surface area contributed by atoms with Crippen molar-refractivity contribution in [2.24, 2.45) is 0 Å². The van der Waals surface area contributed by atoms with E-state index in [-0.39, 0.29) is 12.1 Å². The lowest BCUT2D eigenvalue weighted by molar-refractivity contribution is 0.0945. The number of nitrogens with zero attached hydrogens (tertiary/aromatic N) is 2. The summed E-state index contributed by atoms with van der Waals surface area (Å²) in [6.07, 6.45) is 2.87. The lowest BCUT2D eigenvalue weighted by Crippen LogP contribution is -2.24. The van der Waals surface area contributed by atoms with E-state index in [0.717, 1.165) is 5.69 Å². The molecule has 6 heteroatoms. The third-order valence-electron chi connectivity index (χ3n) is 2.00. The zero-order valence-corrected chi connectivity index (χ0v) is 8.27. The topological polar surface area (TPSA) is 70.7 Å². The Morgan fingerprint density at radius 3 is 3.00 bits per heavy atom. The number of carbonyl (C=O) groups excluding carboxylic acids is 1. The van der Waals surface area contributed by atoms with Gasteiger partial charge in [0.2, 0.25) is 5.95 Å². The van der Waals surface area contributed by atoms with Gasteiger partial charge in [-0.05, 0) is 18.2 Å². The smallest absolute Gasteiger partial charge is 0.256 e. The third kappa shape index (κ3) is 2.22. The summed E-state index contributed by atoms with van der Waals surface area (Å²) in [4.78, 5) is 14.9. The molecule has 2 rings (SSSR count). The van der Waals surface area contributed by atoms with Crippen LogP contribution >= 0.6 is 0 Å². The molecule has 0 aliphatic rings. The maximum atomic E-state index is 13.1. The van der Waals surface area contributed by atoms with Gasteiger partial charge in [0.25, 0.3) is 5.91 Å². The highest BCUT2D eigenvalue weighted by Crippen LogP contribution is 2.03. The number of hydrogen-bond acceptors (Lipinski definition) is 3. The molecule has 0 aromatic carbocycles.